The second-order valence-corrected chi connectivity index (χ2v) is 5.50. The Hall–Kier alpha value is -1.28. The van der Waals surface area contributed by atoms with Crippen molar-refractivity contribution in [1.29, 1.82) is 0 Å². The first-order valence-corrected chi connectivity index (χ1v) is 7.55. The Labute approximate surface area is 122 Å². The van der Waals surface area contributed by atoms with Crippen molar-refractivity contribution in [2.24, 2.45) is 0 Å². The largest absolute Gasteiger partial charge is 0.389 e. The maximum Gasteiger partial charge on any atom is 0.0897 e. The molecule has 7 heteroatoms. The Bertz CT molecular complexity index is 447. The molecule has 2 N–H and O–H groups in total. The van der Waals surface area contributed by atoms with Crippen LogP contribution in [-0.2, 0) is 17.9 Å². The summed E-state index contributed by atoms with van der Waals surface area (Å²) in [5, 5.41) is 22.6. The number of aliphatic hydroxyl groups is 1. The summed E-state index contributed by atoms with van der Waals surface area (Å²) in [6.45, 7) is 3.14. The first-order valence-electron chi connectivity index (χ1n) is 6.67. The van der Waals surface area contributed by atoms with Gasteiger partial charge in [0.05, 0.1) is 25.5 Å². The van der Waals surface area contributed by atoms with E-state index in [-0.39, 0.29) is 0 Å². The second-order valence-electron chi connectivity index (χ2n) is 4.47. The molecule has 20 heavy (non-hydrogen) atoms. The number of nitrogens with one attached hydrogen (secondary N) is 1. The molecule has 0 fully saturated rings. The van der Waals surface area contributed by atoms with Gasteiger partial charge in [0.2, 0.25) is 0 Å². The van der Waals surface area contributed by atoms with Gasteiger partial charge < -0.3 is 15.2 Å². The number of ether oxygens (including phenoxy) is 1. The van der Waals surface area contributed by atoms with Gasteiger partial charge in [0.1, 0.15) is 0 Å². The molecule has 0 aliphatic rings. The topological polar surface area (TPSA) is 72.2 Å². The number of aryl methyl sites for hydroxylation is 1. The van der Waals surface area contributed by atoms with Crippen molar-refractivity contribution in [3.63, 3.8) is 0 Å². The molecule has 0 saturated heterocycles. The number of aliphatic hydroxyl groups excluding tert-OH is 1. The zero-order valence-electron chi connectivity index (χ0n) is 11.3. The van der Waals surface area contributed by atoms with Crippen molar-refractivity contribution in [3.05, 3.63) is 34.8 Å². The molecule has 6 nitrogen and oxygen atoms in total. The molecular formula is C13H20N4O2S. The van der Waals surface area contributed by atoms with Gasteiger partial charge in [-0.2, -0.15) is 0 Å². The minimum atomic E-state index is -0.471. The fourth-order valence-electron chi connectivity index (χ4n) is 1.74. The summed E-state index contributed by atoms with van der Waals surface area (Å²) >= 11 is 1.66. The molecule has 2 aromatic rings. The average molecular weight is 296 g/mol. The number of nitrogens with zero attached hydrogens (tertiary/aromatic N) is 3. The van der Waals surface area contributed by atoms with Crippen LogP contribution in [0.15, 0.2) is 29.9 Å². The molecular weight excluding hydrogens is 276 g/mol. The highest BCUT2D eigenvalue weighted by molar-refractivity contribution is 7.09. The third-order valence-corrected chi connectivity index (χ3v) is 3.58. The summed E-state index contributed by atoms with van der Waals surface area (Å²) in [5.41, 5.74) is 0. The first-order chi connectivity index (χ1) is 9.84. The van der Waals surface area contributed by atoms with Crippen LogP contribution < -0.4 is 5.32 Å². The molecule has 2 rings (SSSR count). The molecule has 1 atom stereocenters. The van der Waals surface area contributed by atoms with E-state index in [9.17, 15) is 5.11 Å². The molecule has 0 aromatic carbocycles. The Kier molecular flexibility index (Phi) is 6.65. The molecule has 0 radical (unpaired) electrons. The average Bonchev–Trinajstić information content (AvgIpc) is 3.11. The quantitative estimate of drug-likeness (QED) is 0.637. The zero-order valence-corrected chi connectivity index (χ0v) is 12.1. The fraction of sp³-hybridized carbons (Fsp3) is 0.538. The van der Waals surface area contributed by atoms with Crippen LogP contribution >= 0.6 is 11.3 Å². The number of aromatic nitrogens is 3. The van der Waals surface area contributed by atoms with Crippen molar-refractivity contribution in [1.82, 2.24) is 20.3 Å². The van der Waals surface area contributed by atoms with Gasteiger partial charge in [-0.3, -0.25) is 4.68 Å². The van der Waals surface area contributed by atoms with Crippen LogP contribution in [0.1, 0.15) is 11.3 Å². The lowest BCUT2D eigenvalue weighted by Gasteiger charge is -2.12. The van der Waals surface area contributed by atoms with E-state index in [2.05, 4.69) is 15.6 Å². The van der Waals surface area contributed by atoms with Crippen LogP contribution in [0.2, 0.25) is 0 Å². The van der Waals surface area contributed by atoms with Crippen LogP contribution in [-0.4, -0.2) is 45.9 Å². The van der Waals surface area contributed by atoms with Gasteiger partial charge in [0, 0.05) is 24.2 Å². The van der Waals surface area contributed by atoms with Crippen molar-refractivity contribution >= 4 is 11.3 Å². The highest BCUT2D eigenvalue weighted by atomic mass is 32.1. The number of hydrogen-bond donors (Lipinski definition) is 2. The summed E-state index contributed by atoms with van der Waals surface area (Å²) in [4.78, 5) is 1.18. The smallest absolute Gasteiger partial charge is 0.0897 e. The van der Waals surface area contributed by atoms with E-state index in [4.69, 9.17) is 4.74 Å². The van der Waals surface area contributed by atoms with Crippen LogP contribution in [0, 0.1) is 0 Å². The minimum absolute atomic E-state index is 0.355. The Morgan fingerprint density at radius 2 is 2.45 bits per heavy atom. The van der Waals surface area contributed by atoms with E-state index < -0.39 is 6.10 Å². The summed E-state index contributed by atoms with van der Waals surface area (Å²) in [7, 11) is 0. The van der Waals surface area contributed by atoms with Gasteiger partial charge in [-0.25, -0.2) is 0 Å². The van der Waals surface area contributed by atoms with Crippen molar-refractivity contribution in [2.75, 3.05) is 19.7 Å². The molecule has 0 bridgehead atoms. The third-order valence-electron chi connectivity index (χ3n) is 2.73. The van der Waals surface area contributed by atoms with Gasteiger partial charge in [-0.1, -0.05) is 11.3 Å². The molecule has 0 saturated carbocycles. The third kappa shape index (κ3) is 5.79. The lowest BCUT2D eigenvalue weighted by atomic mass is 10.3. The molecule has 0 aliphatic heterocycles. The highest BCUT2D eigenvalue weighted by Gasteiger charge is 2.04. The van der Waals surface area contributed by atoms with Crippen molar-refractivity contribution < 1.29 is 9.84 Å². The van der Waals surface area contributed by atoms with Gasteiger partial charge in [0.15, 0.2) is 0 Å². The Morgan fingerprint density at radius 1 is 1.50 bits per heavy atom. The summed E-state index contributed by atoms with van der Waals surface area (Å²) in [6, 6.07) is 4.02. The maximum absolute atomic E-state index is 9.75. The van der Waals surface area contributed by atoms with Gasteiger partial charge in [-0.05, 0) is 24.4 Å². The molecule has 0 aliphatic carbocycles. The molecule has 110 valence electrons. The fourth-order valence-corrected chi connectivity index (χ4v) is 2.38. The minimum Gasteiger partial charge on any atom is -0.389 e. The molecule has 2 aromatic heterocycles. The first kappa shape index (κ1) is 15.1. The van der Waals surface area contributed by atoms with Crippen LogP contribution in [0.3, 0.4) is 0 Å². The Morgan fingerprint density at radius 3 is 3.20 bits per heavy atom. The van der Waals surface area contributed by atoms with Crippen molar-refractivity contribution in [3.8, 4) is 0 Å². The standard InChI is InChI=1S/C13H20N4O2S/c18-12(10-19-11-13-3-1-8-20-13)9-14-4-2-6-17-7-5-15-16-17/h1,3,5,7-8,12,14,18H,2,4,6,9-11H2. The Balaban J connectivity index is 1.44. The van der Waals surface area contributed by atoms with E-state index in [1.807, 2.05) is 23.7 Å². The lowest BCUT2D eigenvalue weighted by molar-refractivity contribution is 0.0299. The van der Waals surface area contributed by atoms with E-state index in [1.165, 1.54) is 4.88 Å². The molecule has 1 unspecified atom stereocenters. The van der Waals surface area contributed by atoms with E-state index in [0.717, 1.165) is 19.5 Å². The monoisotopic (exact) mass is 296 g/mol. The van der Waals surface area contributed by atoms with Crippen LogP contribution in [0.25, 0.3) is 0 Å². The summed E-state index contributed by atoms with van der Waals surface area (Å²) in [6.07, 6.45) is 3.99. The highest BCUT2D eigenvalue weighted by Crippen LogP contribution is 2.09. The van der Waals surface area contributed by atoms with E-state index in [1.54, 1.807) is 22.2 Å². The number of hydrogen-bond acceptors (Lipinski definition) is 6. The second kappa shape index (κ2) is 8.80. The van der Waals surface area contributed by atoms with Gasteiger partial charge in [-0.15, -0.1) is 16.4 Å². The van der Waals surface area contributed by atoms with Crippen LogP contribution in [0.4, 0.5) is 0 Å². The summed E-state index contributed by atoms with van der Waals surface area (Å²) in [5.74, 6) is 0. The predicted molar refractivity (Wildman–Crippen MR) is 77.5 cm³/mol. The van der Waals surface area contributed by atoms with Crippen molar-refractivity contribution in [2.45, 2.75) is 25.7 Å². The molecule has 2 heterocycles. The number of rotatable bonds is 10. The normalized spacial score (nSPS) is 12.7. The van der Waals surface area contributed by atoms with Crippen LogP contribution in [0.5, 0.6) is 0 Å². The maximum atomic E-state index is 9.75. The van der Waals surface area contributed by atoms with Gasteiger partial charge >= 0.3 is 0 Å². The van der Waals surface area contributed by atoms with E-state index in [0.29, 0.717) is 19.8 Å². The SMILES string of the molecule is OC(CNCCCn1ccnn1)COCc1cccs1. The summed E-state index contributed by atoms with van der Waals surface area (Å²) < 4.78 is 7.25. The van der Waals surface area contributed by atoms with E-state index >= 15 is 0 Å². The molecule has 0 amide bonds. The zero-order chi connectivity index (χ0) is 14.0. The lowest BCUT2D eigenvalue weighted by Crippen LogP contribution is -2.31. The molecule has 0 spiro atoms. The number of thiophene rings is 1. The van der Waals surface area contributed by atoms with Gasteiger partial charge in [0.25, 0.3) is 0 Å². The predicted octanol–water partition coefficient (Wildman–Crippen LogP) is 0.897.